The summed E-state index contributed by atoms with van der Waals surface area (Å²) in [7, 11) is 3.97. The van der Waals surface area contributed by atoms with E-state index in [0.717, 1.165) is 18.4 Å². The van der Waals surface area contributed by atoms with Gasteiger partial charge in [0.1, 0.15) is 5.41 Å². The molecule has 0 aliphatic rings. The summed E-state index contributed by atoms with van der Waals surface area (Å²) < 4.78 is 0. The van der Waals surface area contributed by atoms with E-state index in [1.807, 2.05) is 38.4 Å². The first kappa shape index (κ1) is 18.9. The molecule has 0 saturated heterocycles. The number of para-hydroxylation sites is 1. The second kappa shape index (κ2) is 8.07. The van der Waals surface area contributed by atoms with Crippen molar-refractivity contribution in [1.82, 2.24) is 15.2 Å². The number of pyridine rings is 1. The normalized spacial score (nSPS) is 11.6. The number of hydrogen-bond donors (Lipinski definition) is 2. The largest absolute Gasteiger partial charge is 0.355 e. The number of rotatable bonds is 7. The zero-order valence-corrected chi connectivity index (χ0v) is 15.3. The van der Waals surface area contributed by atoms with E-state index in [9.17, 15) is 9.59 Å². The quantitative estimate of drug-likeness (QED) is 0.598. The number of nitrogens with zero attached hydrogens (tertiary/aromatic N) is 2. The van der Waals surface area contributed by atoms with Crippen LogP contribution in [0.25, 0.3) is 10.9 Å². The van der Waals surface area contributed by atoms with Crippen LogP contribution in [0.15, 0.2) is 36.5 Å². The van der Waals surface area contributed by atoms with E-state index in [1.165, 1.54) is 0 Å². The molecule has 0 saturated carbocycles. The smallest absolute Gasteiger partial charge is 0.239 e. The first-order chi connectivity index (χ1) is 11.8. The van der Waals surface area contributed by atoms with Crippen LogP contribution in [0.2, 0.25) is 0 Å². The molecule has 1 heterocycles. The minimum atomic E-state index is -1.17. The van der Waals surface area contributed by atoms with Gasteiger partial charge in [0.25, 0.3) is 0 Å². The summed E-state index contributed by atoms with van der Waals surface area (Å²) >= 11 is 0. The molecule has 2 rings (SSSR count). The fourth-order valence-corrected chi connectivity index (χ4v) is 2.40. The zero-order chi connectivity index (χ0) is 18.4. The lowest BCUT2D eigenvalue weighted by Gasteiger charge is -2.23. The molecule has 134 valence electrons. The van der Waals surface area contributed by atoms with E-state index < -0.39 is 5.41 Å². The van der Waals surface area contributed by atoms with E-state index in [-0.39, 0.29) is 11.8 Å². The molecule has 0 atom stereocenters. The Morgan fingerprint density at radius 3 is 2.56 bits per heavy atom. The van der Waals surface area contributed by atoms with Crippen LogP contribution in [0.1, 0.15) is 20.3 Å². The summed E-state index contributed by atoms with van der Waals surface area (Å²) in [6, 6.07) is 9.35. The number of anilines is 1. The van der Waals surface area contributed by atoms with Gasteiger partial charge in [0.15, 0.2) is 0 Å². The lowest BCUT2D eigenvalue weighted by Crippen LogP contribution is -2.45. The Balaban J connectivity index is 2.03. The number of fused-ring (bicyclic) bond motifs is 1. The maximum Gasteiger partial charge on any atom is 0.239 e. The van der Waals surface area contributed by atoms with E-state index in [4.69, 9.17) is 0 Å². The van der Waals surface area contributed by atoms with Gasteiger partial charge in [-0.15, -0.1) is 0 Å². The van der Waals surface area contributed by atoms with E-state index in [1.54, 1.807) is 26.1 Å². The van der Waals surface area contributed by atoms with Crippen molar-refractivity contribution in [2.45, 2.75) is 20.3 Å². The highest BCUT2D eigenvalue weighted by molar-refractivity contribution is 6.12. The first-order valence-electron chi connectivity index (χ1n) is 8.40. The molecule has 0 spiro atoms. The highest BCUT2D eigenvalue weighted by Gasteiger charge is 2.36. The summed E-state index contributed by atoms with van der Waals surface area (Å²) in [5.74, 6) is -0.632. The maximum absolute atomic E-state index is 12.7. The van der Waals surface area contributed by atoms with Crippen LogP contribution in [0.3, 0.4) is 0 Å². The molecule has 1 aromatic carbocycles. The summed E-state index contributed by atoms with van der Waals surface area (Å²) in [4.78, 5) is 31.4. The second-order valence-electron chi connectivity index (χ2n) is 6.87. The molecule has 0 aliphatic carbocycles. The van der Waals surface area contributed by atoms with Gasteiger partial charge in [-0.1, -0.05) is 18.2 Å². The van der Waals surface area contributed by atoms with Crippen molar-refractivity contribution in [2.75, 3.05) is 32.5 Å². The average Bonchev–Trinajstić information content (AvgIpc) is 2.58. The van der Waals surface area contributed by atoms with Crippen LogP contribution in [-0.2, 0) is 9.59 Å². The topological polar surface area (TPSA) is 74.3 Å². The molecular weight excluding hydrogens is 316 g/mol. The van der Waals surface area contributed by atoms with Gasteiger partial charge in [-0.25, -0.2) is 0 Å². The van der Waals surface area contributed by atoms with Crippen molar-refractivity contribution >= 4 is 28.4 Å². The van der Waals surface area contributed by atoms with Crippen molar-refractivity contribution in [3.8, 4) is 0 Å². The predicted molar refractivity (Wildman–Crippen MR) is 100 cm³/mol. The Morgan fingerprint density at radius 2 is 1.84 bits per heavy atom. The molecule has 6 nitrogen and oxygen atoms in total. The van der Waals surface area contributed by atoms with Crippen LogP contribution >= 0.6 is 0 Å². The van der Waals surface area contributed by atoms with Gasteiger partial charge in [0, 0.05) is 18.1 Å². The minimum Gasteiger partial charge on any atom is -0.355 e. The van der Waals surface area contributed by atoms with E-state index in [2.05, 4.69) is 20.5 Å². The SMILES string of the molecule is CN(C)CCCNC(=O)C(C)(C)C(=O)Nc1cccc2cccnc12. The van der Waals surface area contributed by atoms with Crippen LogP contribution in [-0.4, -0.2) is 48.9 Å². The van der Waals surface area contributed by atoms with Gasteiger partial charge in [-0.2, -0.15) is 0 Å². The molecule has 6 heteroatoms. The molecule has 0 fully saturated rings. The lowest BCUT2D eigenvalue weighted by molar-refractivity contribution is -0.138. The standard InChI is InChI=1S/C19H26N4O2/c1-19(2,17(24)21-12-7-13-23(3)4)18(25)22-15-10-5-8-14-9-6-11-20-16(14)15/h5-6,8-11H,7,12-13H2,1-4H3,(H,21,24)(H,22,25). The number of hydrogen-bond acceptors (Lipinski definition) is 4. The van der Waals surface area contributed by atoms with Crippen molar-refractivity contribution in [2.24, 2.45) is 5.41 Å². The number of benzene rings is 1. The van der Waals surface area contributed by atoms with Gasteiger partial charge in [-0.3, -0.25) is 14.6 Å². The van der Waals surface area contributed by atoms with Crippen LogP contribution in [0, 0.1) is 5.41 Å². The van der Waals surface area contributed by atoms with Crippen LogP contribution in [0.4, 0.5) is 5.69 Å². The zero-order valence-electron chi connectivity index (χ0n) is 15.3. The minimum absolute atomic E-state index is 0.281. The second-order valence-corrected chi connectivity index (χ2v) is 6.87. The van der Waals surface area contributed by atoms with Gasteiger partial charge in [0.05, 0.1) is 11.2 Å². The fraction of sp³-hybridized carbons (Fsp3) is 0.421. The average molecular weight is 342 g/mol. The third-order valence-corrected chi connectivity index (χ3v) is 4.08. The monoisotopic (exact) mass is 342 g/mol. The molecule has 0 bridgehead atoms. The van der Waals surface area contributed by atoms with Gasteiger partial charge in [0.2, 0.25) is 11.8 Å². The number of nitrogens with one attached hydrogen (secondary N) is 2. The molecule has 0 aliphatic heterocycles. The molecule has 2 N–H and O–H groups in total. The number of carbonyl (C=O) groups excluding carboxylic acids is 2. The van der Waals surface area contributed by atoms with Crippen LogP contribution in [0.5, 0.6) is 0 Å². The molecule has 1 aromatic heterocycles. The Bertz CT molecular complexity index is 751. The van der Waals surface area contributed by atoms with E-state index >= 15 is 0 Å². The summed E-state index contributed by atoms with van der Waals surface area (Å²) in [5.41, 5.74) is 0.145. The number of amides is 2. The molecular formula is C19H26N4O2. The number of carbonyl (C=O) groups is 2. The third-order valence-electron chi connectivity index (χ3n) is 4.08. The highest BCUT2D eigenvalue weighted by atomic mass is 16.2. The summed E-state index contributed by atoms with van der Waals surface area (Å²) in [6.45, 7) is 4.68. The summed E-state index contributed by atoms with van der Waals surface area (Å²) in [6.07, 6.45) is 2.52. The third kappa shape index (κ3) is 4.76. The Morgan fingerprint density at radius 1 is 1.12 bits per heavy atom. The highest BCUT2D eigenvalue weighted by Crippen LogP contribution is 2.24. The Kier molecular flexibility index (Phi) is 6.09. The van der Waals surface area contributed by atoms with Gasteiger partial charge >= 0.3 is 0 Å². The van der Waals surface area contributed by atoms with Crippen molar-refractivity contribution < 1.29 is 9.59 Å². The molecule has 25 heavy (non-hydrogen) atoms. The van der Waals surface area contributed by atoms with Crippen molar-refractivity contribution in [1.29, 1.82) is 0 Å². The predicted octanol–water partition coefficient (Wildman–Crippen LogP) is 2.27. The molecule has 2 amide bonds. The van der Waals surface area contributed by atoms with E-state index in [0.29, 0.717) is 17.7 Å². The van der Waals surface area contributed by atoms with Gasteiger partial charge < -0.3 is 15.5 Å². The molecule has 2 aromatic rings. The molecule has 0 unspecified atom stereocenters. The summed E-state index contributed by atoms with van der Waals surface area (Å²) in [5, 5.41) is 6.62. The fourth-order valence-electron chi connectivity index (χ4n) is 2.40. The van der Waals surface area contributed by atoms with Crippen molar-refractivity contribution in [3.63, 3.8) is 0 Å². The Labute approximate surface area is 148 Å². The van der Waals surface area contributed by atoms with Gasteiger partial charge in [-0.05, 0) is 53.0 Å². The van der Waals surface area contributed by atoms with Crippen LogP contribution < -0.4 is 10.6 Å². The maximum atomic E-state index is 12.7. The molecule has 0 radical (unpaired) electrons. The van der Waals surface area contributed by atoms with Crippen molar-refractivity contribution in [3.05, 3.63) is 36.5 Å². The number of aromatic nitrogens is 1. The Hall–Kier alpha value is -2.47. The lowest BCUT2D eigenvalue weighted by atomic mass is 9.90. The first-order valence-corrected chi connectivity index (χ1v) is 8.40.